The Morgan fingerprint density at radius 1 is 0.857 bits per heavy atom. The van der Waals surface area contributed by atoms with Crippen molar-refractivity contribution in [1.29, 1.82) is 0 Å². The number of halogens is 1. The van der Waals surface area contributed by atoms with Crippen LogP contribution in [0.15, 0.2) is 71.1 Å². The standard InChI is InChI=1S/C23H19FN2O2/c24-19-7-3-4-8-20(19)25-11-13-26(14-12-25)23(27)22-15-18-17-6-2-1-5-16(17)9-10-21(18)28-22/h1-10,15H,11-14H2. The van der Waals surface area contributed by atoms with Crippen molar-refractivity contribution in [1.82, 2.24) is 4.90 Å². The summed E-state index contributed by atoms with van der Waals surface area (Å²) in [7, 11) is 0. The highest BCUT2D eigenvalue weighted by molar-refractivity contribution is 6.08. The normalized spacial score (nSPS) is 14.8. The van der Waals surface area contributed by atoms with Gasteiger partial charge >= 0.3 is 0 Å². The van der Waals surface area contributed by atoms with Crippen LogP contribution in [0.5, 0.6) is 0 Å². The van der Waals surface area contributed by atoms with Crippen molar-refractivity contribution < 1.29 is 13.6 Å². The zero-order valence-corrected chi connectivity index (χ0v) is 15.3. The number of para-hydroxylation sites is 1. The molecule has 28 heavy (non-hydrogen) atoms. The molecule has 5 heteroatoms. The summed E-state index contributed by atoms with van der Waals surface area (Å²) in [5.41, 5.74) is 1.30. The first-order chi connectivity index (χ1) is 13.7. The van der Waals surface area contributed by atoms with Gasteiger partial charge in [-0.2, -0.15) is 0 Å². The van der Waals surface area contributed by atoms with Crippen LogP contribution in [0.4, 0.5) is 10.1 Å². The second-order valence-corrected chi connectivity index (χ2v) is 7.04. The quantitative estimate of drug-likeness (QED) is 0.511. The molecule has 4 nitrogen and oxygen atoms in total. The molecule has 5 rings (SSSR count). The molecule has 1 amide bonds. The molecule has 2 heterocycles. The summed E-state index contributed by atoms with van der Waals surface area (Å²) in [6.07, 6.45) is 0. The van der Waals surface area contributed by atoms with Crippen LogP contribution in [0.25, 0.3) is 21.7 Å². The Bertz CT molecular complexity index is 1180. The summed E-state index contributed by atoms with van der Waals surface area (Å²) in [6.45, 7) is 2.25. The van der Waals surface area contributed by atoms with Gasteiger partial charge in [0.1, 0.15) is 11.4 Å². The maximum atomic E-state index is 14.0. The maximum absolute atomic E-state index is 14.0. The van der Waals surface area contributed by atoms with Crippen LogP contribution in [0.2, 0.25) is 0 Å². The first-order valence-electron chi connectivity index (χ1n) is 9.41. The number of piperazine rings is 1. The van der Waals surface area contributed by atoms with Crippen molar-refractivity contribution >= 4 is 33.3 Å². The van der Waals surface area contributed by atoms with E-state index in [9.17, 15) is 9.18 Å². The highest BCUT2D eigenvalue weighted by Gasteiger charge is 2.25. The van der Waals surface area contributed by atoms with E-state index in [1.165, 1.54) is 6.07 Å². The predicted octanol–water partition coefficient (Wildman–Crippen LogP) is 4.69. The van der Waals surface area contributed by atoms with E-state index < -0.39 is 0 Å². The number of furan rings is 1. The summed E-state index contributed by atoms with van der Waals surface area (Å²) in [4.78, 5) is 16.7. The minimum absolute atomic E-state index is 0.117. The lowest BCUT2D eigenvalue weighted by Gasteiger charge is -2.35. The Morgan fingerprint density at radius 2 is 1.61 bits per heavy atom. The van der Waals surface area contributed by atoms with Crippen molar-refractivity contribution in [3.63, 3.8) is 0 Å². The number of nitrogens with zero attached hydrogens (tertiary/aromatic N) is 2. The topological polar surface area (TPSA) is 36.7 Å². The van der Waals surface area contributed by atoms with E-state index >= 15 is 0 Å². The fourth-order valence-electron chi connectivity index (χ4n) is 3.91. The monoisotopic (exact) mass is 374 g/mol. The number of amides is 1. The molecule has 1 aromatic heterocycles. The number of benzene rings is 3. The lowest BCUT2D eigenvalue weighted by molar-refractivity contribution is 0.0717. The van der Waals surface area contributed by atoms with Crippen molar-refractivity contribution in [3.05, 3.63) is 78.3 Å². The van der Waals surface area contributed by atoms with Gasteiger partial charge in [-0.05, 0) is 35.0 Å². The van der Waals surface area contributed by atoms with E-state index in [2.05, 4.69) is 0 Å². The lowest BCUT2D eigenvalue weighted by Crippen LogP contribution is -2.49. The highest BCUT2D eigenvalue weighted by Crippen LogP contribution is 2.29. The molecule has 0 unspecified atom stereocenters. The van der Waals surface area contributed by atoms with E-state index in [4.69, 9.17) is 4.42 Å². The van der Waals surface area contributed by atoms with Gasteiger partial charge in [0.2, 0.25) is 0 Å². The Morgan fingerprint density at radius 3 is 2.43 bits per heavy atom. The first-order valence-corrected chi connectivity index (χ1v) is 9.41. The number of hydrogen-bond acceptors (Lipinski definition) is 3. The molecule has 3 aromatic carbocycles. The van der Waals surface area contributed by atoms with Crippen LogP contribution in [-0.4, -0.2) is 37.0 Å². The van der Waals surface area contributed by atoms with E-state index in [1.807, 2.05) is 53.4 Å². The Hall–Kier alpha value is -3.34. The van der Waals surface area contributed by atoms with Gasteiger partial charge in [-0.3, -0.25) is 4.79 Å². The number of rotatable bonds is 2. The van der Waals surface area contributed by atoms with E-state index in [-0.39, 0.29) is 11.7 Å². The summed E-state index contributed by atoms with van der Waals surface area (Å²) in [5, 5.41) is 3.15. The van der Waals surface area contributed by atoms with Crippen molar-refractivity contribution in [2.75, 3.05) is 31.1 Å². The van der Waals surface area contributed by atoms with Crippen LogP contribution in [0, 0.1) is 5.82 Å². The molecule has 0 atom stereocenters. The summed E-state index contributed by atoms with van der Waals surface area (Å²) >= 11 is 0. The van der Waals surface area contributed by atoms with Crippen LogP contribution in [0.1, 0.15) is 10.6 Å². The molecule has 1 aliphatic rings. The number of fused-ring (bicyclic) bond motifs is 3. The van der Waals surface area contributed by atoms with E-state index in [0.29, 0.717) is 43.2 Å². The third-order valence-corrected chi connectivity index (χ3v) is 5.40. The van der Waals surface area contributed by atoms with Gasteiger partial charge < -0.3 is 14.2 Å². The van der Waals surface area contributed by atoms with Crippen molar-refractivity contribution in [2.24, 2.45) is 0 Å². The molecule has 0 spiro atoms. The molecular weight excluding hydrogens is 355 g/mol. The fourth-order valence-corrected chi connectivity index (χ4v) is 3.91. The van der Waals surface area contributed by atoms with Crippen LogP contribution in [-0.2, 0) is 0 Å². The van der Waals surface area contributed by atoms with Crippen LogP contribution < -0.4 is 4.90 Å². The molecule has 0 bridgehead atoms. The zero-order chi connectivity index (χ0) is 19.1. The van der Waals surface area contributed by atoms with Gasteiger partial charge in [-0.15, -0.1) is 0 Å². The molecule has 0 saturated carbocycles. The van der Waals surface area contributed by atoms with Crippen molar-refractivity contribution in [2.45, 2.75) is 0 Å². The Labute approximate surface area is 161 Å². The minimum Gasteiger partial charge on any atom is -0.451 e. The van der Waals surface area contributed by atoms with Gasteiger partial charge in [0.15, 0.2) is 5.76 Å². The highest BCUT2D eigenvalue weighted by atomic mass is 19.1. The SMILES string of the molecule is O=C(c1cc2c(ccc3ccccc32)o1)N1CCN(c2ccccc2F)CC1. The lowest BCUT2D eigenvalue weighted by atomic mass is 10.1. The van der Waals surface area contributed by atoms with Crippen LogP contribution in [0.3, 0.4) is 0 Å². The molecule has 0 aliphatic carbocycles. The smallest absolute Gasteiger partial charge is 0.289 e. The molecule has 1 aliphatic heterocycles. The molecular formula is C23H19FN2O2. The summed E-state index contributed by atoms with van der Waals surface area (Å²) in [5.74, 6) is 0.00518. The number of anilines is 1. The molecule has 1 saturated heterocycles. The van der Waals surface area contributed by atoms with Gasteiger partial charge in [-0.1, -0.05) is 42.5 Å². The fraction of sp³-hybridized carbons (Fsp3) is 0.174. The predicted molar refractivity (Wildman–Crippen MR) is 108 cm³/mol. The molecule has 4 aromatic rings. The van der Waals surface area contributed by atoms with Gasteiger partial charge in [-0.25, -0.2) is 4.39 Å². The second-order valence-electron chi connectivity index (χ2n) is 7.04. The molecule has 1 fully saturated rings. The largest absolute Gasteiger partial charge is 0.451 e. The third-order valence-electron chi connectivity index (χ3n) is 5.40. The third kappa shape index (κ3) is 2.80. The number of hydrogen-bond donors (Lipinski definition) is 0. The molecule has 0 radical (unpaired) electrons. The molecule has 0 N–H and O–H groups in total. The van der Waals surface area contributed by atoms with E-state index in [0.717, 1.165) is 16.2 Å². The average Bonchev–Trinajstić information content (AvgIpc) is 3.19. The zero-order valence-electron chi connectivity index (χ0n) is 15.3. The Kier molecular flexibility index (Phi) is 4.01. The number of carbonyl (C=O) groups excluding carboxylic acids is 1. The van der Waals surface area contributed by atoms with E-state index in [1.54, 1.807) is 17.0 Å². The van der Waals surface area contributed by atoms with Gasteiger partial charge in [0.05, 0.1) is 5.69 Å². The number of carbonyl (C=O) groups is 1. The summed E-state index contributed by atoms with van der Waals surface area (Å²) < 4.78 is 19.9. The second kappa shape index (κ2) is 6.68. The summed E-state index contributed by atoms with van der Waals surface area (Å²) in [6, 6.07) is 20.6. The van der Waals surface area contributed by atoms with Gasteiger partial charge in [0.25, 0.3) is 5.91 Å². The van der Waals surface area contributed by atoms with Gasteiger partial charge in [0, 0.05) is 31.6 Å². The average molecular weight is 374 g/mol. The minimum atomic E-state index is -0.230. The first kappa shape index (κ1) is 16.8. The maximum Gasteiger partial charge on any atom is 0.289 e. The Balaban J connectivity index is 1.37. The van der Waals surface area contributed by atoms with Crippen LogP contribution >= 0.6 is 0 Å². The molecule has 140 valence electrons. The van der Waals surface area contributed by atoms with Crippen molar-refractivity contribution in [3.8, 4) is 0 Å².